The highest BCUT2D eigenvalue weighted by atomic mass is 19.1. The van der Waals surface area contributed by atoms with Crippen LogP contribution < -0.4 is 5.56 Å². The zero-order chi connectivity index (χ0) is 17.2. The number of benzene rings is 2. The first kappa shape index (κ1) is 16.0. The van der Waals surface area contributed by atoms with Crippen LogP contribution in [-0.4, -0.2) is 29.6 Å². The lowest BCUT2D eigenvalue weighted by Gasteiger charge is -2.33. The van der Waals surface area contributed by atoms with E-state index in [1.807, 2.05) is 36.4 Å². The van der Waals surface area contributed by atoms with Gasteiger partial charge in [0.15, 0.2) is 0 Å². The molecule has 2 heterocycles. The molecule has 1 saturated heterocycles. The largest absolute Gasteiger partial charge is 0.371 e. The molecule has 0 amide bonds. The van der Waals surface area contributed by atoms with E-state index < -0.39 is 0 Å². The van der Waals surface area contributed by atoms with E-state index in [1.54, 1.807) is 6.07 Å². The number of nitrogens with one attached hydrogen (secondary N) is 1. The van der Waals surface area contributed by atoms with Gasteiger partial charge in [0.1, 0.15) is 5.82 Å². The van der Waals surface area contributed by atoms with Crippen LogP contribution >= 0.6 is 0 Å². The maximum Gasteiger partial charge on any atom is 0.252 e. The molecule has 2 aromatic carbocycles. The molecule has 1 aliphatic rings. The van der Waals surface area contributed by atoms with E-state index in [1.165, 1.54) is 12.1 Å². The van der Waals surface area contributed by atoms with Crippen molar-refractivity contribution in [1.82, 2.24) is 9.88 Å². The fourth-order valence-electron chi connectivity index (χ4n) is 3.31. The number of hydrogen-bond donors (Lipinski definition) is 1. The van der Waals surface area contributed by atoms with Gasteiger partial charge < -0.3 is 9.72 Å². The summed E-state index contributed by atoms with van der Waals surface area (Å²) in [6, 6.07) is 16.2. The molecule has 1 N–H and O–H groups in total. The molecule has 1 unspecified atom stereocenters. The van der Waals surface area contributed by atoms with Crippen LogP contribution in [0, 0.1) is 5.82 Å². The van der Waals surface area contributed by atoms with E-state index in [0.717, 1.165) is 28.6 Å². The van der Waals surface area contributed by atoms with Gasteiger partial charge in [0.25, 0.3) is 5.56 Å². The first-order chi connectivity index (χ1) is 12.2. The number of aromatic amines is 1. The van der Waals surface area contributed by atoms with Gasteiger partial charge in [0.05, 0.1) is 12.7 Å². The van der Waals surface area contributed by atoms with Crippen molar-refractivity contribution in [2.75, 3.05) is 19.7 Å². The molecular formula is C20H19FN2O2. The van der Waals surface area contributed by atoms with Gasteiger partial charge in [0.2, 0.25) is 0 Å². The number of nitrogens with zero attached hydrogens (tertiary/aromatic N) is 1. The predicted octanol–water partition coefficient (Wildman–Crippen LogP) is 3.24. The third-order valence-electron chi connectivity index (χ3n) is 4.60. The van der Waals surface area contributed by atoms with E-state index in [9.17, 15) is 9.18 Å². The van der Waals surface area contributed by atoms with Gasteiger partial charge in [-0.3, -0.25) is 9.69 Å². The minimum atomic E-state index is -0.260. The van der Waals surface area contributed by atoms with Crippen LogP contribution in [0.3, 0.4) is 0 Å². The number of halogens is 1. The normalized spacial score (nSPS) is 18.5. The number of pyridine rings is 1. The Balaban J connectivity index is 1.54. The standard InChI is InChI=1S/C20H19FN2O2/c21-17-6-3-5-15(11-17)19-13-23(8-9-25-19)12-16-10-14-4-1-2-7-18(14)22-20(16)24/h1-7,10-11,19H,8-9,12-13H2,(H,22,24). The highest BCUT2D eigenvalue weighted by molar-refractivity contribution is 5.78. The predicted molar refractivity (Wildman–Crippen MR) is 94.9 cm³/mol. The van der Waals surface area contributed by atoms with Gasteiger partial charge >= 0.3 is 0 Å². The zero-order valence-corrected chi connectivity index (χ0v) is 13.7. The molecule has 5 heteroatoms. The Morgan fingerprint density at radius 3 is 2.92 bits per heavy atom. The number of hydrogen-bond acceptors (Lipinski definition) is 3. The van der Waals surface area contributed by atoms with Crippen LogP contribution in [0.4, 0.5) is 4.39 Å². The monoisotopic (exact) mass is 338 g/mol. The molecule has 0 spiro atoms. The molecule has 1 aliphatic heterocycles. The summed E-state index contributed by atoms with van der Waals surface area (Å²) < 4.78 is 19.2. The fraction of sp³-hybridized carbons (Fsp3) is 0.250. The molecule has 1 fully saturated rings. The summed E-state index contributed by atoms with van der Waals surface area (Å²) in [6.07, 6.45) is -0.177. The number of para-hydroxylation sites is 1. The van der Waals surface area contributed by atoms with Crippen LogP contribution in [0.15, 0.2) is 59.4 Å². The maximum atomic E-state index is 13.5. The second-order valence-electron chi connectivity index (χ2n) is 6.36. The van der Waals surface area contributed by atoms with E-state index in [2.05, 4.69) is 9.88 Å². The number of ether oxygens (including phenoxy) is 1. The molecule has 0 aliphatic carbocycles. The van der Waals surface area contributed by atoms with Crippen molar-refractivity contribution < 1.29 is 9.13 Å². The van der Waals surface area contributed by atoms with Crippen LogP contribution in [0.5, 0.6) is 0 Å². The molecule has 0 radical (unpaired) electrons. The summed E-state index contributed by atoms with van der Waals surface area (Å²) in [5.74, 6) is -0.260. The Morgan fingerprint density at radius 1 is 1.16 bits per heavy atom. The first-order valence-electron chi connectivity index (χ1n) is 8.39. The Bertz CT molecular complexity index is 954. The van der Waals surface area contributed by atoms with Crippen molar-refractivity contribution in [2.24, 2.45) is 0 Å². The van der Waals surface area contributed by atoms with Gasteiger partial charge in [-0.1, -0.05) is 30.3 Å². The molecule has 128 valence electrons. The van der Waals surface area contributed by atoms with E-state index in [-0.39, 0.29) is 17.5 Å². The van der Waals surface area contributed by atoms with E-state index in [0.29, 0.717) is 19.7 Å². The Morgan fingerprint density at radius 2 is 2.04 bits per heavy atom. The topological polar surface area (TPSA) is 45.3 Å². The molecule has 3 aromatic rings. The quantitative estimate of drug-likeness (QED) is 0.797. The third kappa shape index (κ3) is 3.48. The van der Waals surface area contributed by atoms with Crippen LogP contribution in [0.25, 0.3) is 10.9 Å². The minimum absolute atomic E-state index is 0.0625. The van der Waals surface area contributed by atoms with Gasteiger partial charge in [-0.2, -0.15) is 0 Å². The van der Waals surface area contributed by atoms with Crippen molar-refractivity contribution in [3.05, 3.63) is 81.9 Å². The van der Waals surface area contributed by atoms with Crippen molar-refractivity contribution >= 4 is 10.9 Å². The van der Waals surface area contributed by atoms with Gasteiger partial charge in [0, 0.05) is 30.7 Å². The van der Waals surface area contributed by atoms with Crippen LogP contribution in [0.1, 0.15) is 17.2 Å². The molecule has 25 heavy (non-hydrogen) atoms. The maximum absolute atomic E-state index is 13.5. The number of morpholine rings is 1. The first-order valence-corrected chi connectivity index (χ1v) is 8.39. The van der Waals surface area contributed by atoms with E-state index in [4.69, 9.17) is 4.74 Å². The Labute approximate surface area is 144 Å². The summed E-state index contributed by atoms with van der Waals surface area (Å²) in [6.45, 7) is 2.50. The molecule has 0 bridgehead atoms. The lowest BCUT2D eigenvalue weighted by Crippen LogP contribution is -2.39. The van der Waals surface area contributed by atoms with Crippen molar-refractivity contribution in [3.63, 3.8) is 0 Å². The second-order valence-corrected chi connectivity index (χ2v) is 6.36. The van der Waals surface area contributed by atoms with Gasteiger partial charge in [-0.25, -0.2) is 4.39 Å². The molecule has 4 rings (SSSR count). The highest BCUT2D eigenvalue weighted by Gasteiger charge is 2.23. The summed E-state index contributed by atoms with van der Waals surface area (Å²) in [5, 5.41) is 1.02. The minimum Gasteiger partial charge on any atom is -0.371 e. The van der Waals surface area contributed by atoms with Crippen LogP contribution in [0.2, 0.25) is 0 Å². The van der Waals surface area contributed by atoms with Gasteiger partial charge in [-0.15, -0.1) is 0 Å². The molecule has 4 nitrogen and oxygen atoms in total. The van der Waals surface area contributed by atoms with E-state index >= 15 is 0 Å². The van der Waals surface area contributed by atoms with Crippen molar-refractivity contribution in [2.45, 2.75) is 12.6 Å². The number of H-pyrrole nitrogens is 1. The molecule has 0 saturated carbocycles. The SMILES string of the molecule is O=c1[nH]c2ccccc2cc1CN1CCOC(c2cccc(F)c2)C1. The summed E-state index contributed by atoms with van der Waals surface area (Å²) >= 11 is 0. The summed E-state index contributed by atoms with van der Waals surface area (Å²) in [4.78, 5) is 17.5. The Kier molecular flexibility index (Phi) is 4.34. The van der Waals surface area contributed by atoms with Crippen molar-refractivity contribution in [3.8, 4) is 0 Å². The summed E-state index contributed by atoms with van der Waals surface area (Å²) in [5.41, 5.74) is 2.35. The third-order valence-corrected chi connectivity index (χ3v) is 4.60. The fourth-order valence-corrected chi connectivity index (χ4v) is 3.31. The summed E-state index contributed by atoms with van der Waals surface area (Å²) in [7, 11) is 0. The average Bonchev–Trinajstić information content (AvgIpc) is 2.63. The zero-order valence-electron chi connectivity index (χ0n) is 13.7. The van der Waals surface area contributed by atoms with Crippen molar-refractivity contribution in [1.29, 1.82) is 0 Å². The molecule has 1 atom stereocenters. The van der Waals surface area contributed by atoms with Crippen LogP contribution in [-0.2, 0) is 11.3 Å². The number of rotatable bonds is 3. The smallest absolute Gasteiger partial charge is 0.252 e. The van der Waals surface area contributed by atoms with Gasteiger partial charge in [-0.05, 0) is 35.2 Å². The highest BCUT2D eigenvalue weighted by Crippen LogP contribution is 2.23. The molecule has 1 aromatic heterocycles. The second kappa shape index (κ2) is 6.78. The number of aromatic nitrogens is 1. The molecular weight excluding hydrogens is 319 g/mol. The number of fused-ring (bicyclic) bond motifs is 1. The average molecular weight is 338 g/mol. The Hall–Kier alpha value is -2.50. The lowest BCUT2D eigenvalue weighted by molar-refractivity contribution is -0.0331. The lowest BCUT2D eigenvalue weighted by atomic mass is 10.1.